The summed E-state index contributed by atoms with van der Waals surface area (Å²) in [6.45, 7) is 0.498. The lowest BCUT2D eigenvalue weighted by molar-refractivity contribution is -0.385. The van der Waals surface area contributed by atoms with Crippen molar-refractivity contribution in [2.24, 2.45) is 0 Å². The van der Waals surface area contributed by atoms with Crippen LogP contribution in [0.25, 0.3) is 0 Å². The summed E-state index contributed by atoms with van der Waals surface area (Å²) in [4.78, 5) is 18.8. The Balaban J connectivity index is 2.28. The van der Waals surface area contributed by atoms with Gasteiger partial charge in [0.15, 0.2) is 0 Å². The van der Waals surface area contributed by atoms with Gasteiger partial charge in [-0.15, -0.1) is 0 Å². The van der Waals surface area contributed by atoms with Gasteiger partial charge in [0.05, 0.1) is 11.5 Å². The second kappa shape index (κ2) is 7.16. The first-order chi connectivity index (χ1) is 10.1. The maximum absolute atomic E-state index is 11.1. The molecule has 1 aliphatic rings. The highest BCUT2D eigenvalue weighted by Crippen LogP contribution is 2.36. The number of anilines is 1. The Morgan fingerprint density at radius 3 is 2.62 bits per heavy atom. The average molecular weight is 296 g/mol. The zero-order valence-corrected chi connectivity index (χ0v) is 12.1. The lowest BCUT2D eigenvalue weighted by Crippen LogP contribution is -2.14. The number of nitrogens with two attached hydrogens (primary N) is 1. The van der Waals surface area contributed by atoms with Crippen molar-refractivity contribution in [3.8, 4) is 5.88 Å². The molecule has 0 spiro atoms. The van der Waals surface area contributed by atoms with Gasteiger partial charge in [-0.3, -0.25) is 10.1 Å². The summed E-state index contributed by atoms with van der Waals surface area (Å²) in [5.41, 5.74) is 5.36. The van der Waals surface area contributed by atoms with Crippen LogP contribution in [0.3, 0.4) is 0 Å². The quantitative estimate of drug-likeness (QED) is 0.485. The Bertz CT molecular complexity index is 503. The van der Waals surface area contributed by atoms with Gasteiger partial charge in [-0.05, 0) is 12.8 Å². The van der Waals surface area contributed by atoms with E-state index in [1.165, 1.54) is 13.5 Å². The molecule has 0 aromatic carbocycles. The minimum Gasteiger partial charge on any atom is -0.470 e. The average Bonchev–Trinajstić information content (AvgIpc) is 2.47. The van der Waals surface area contributed by atoms with Crippen molar-refractivity contribution in [2.75, 3.05) is 26.1 Å². The number of aromatic nitrogens is 2. The molecule has 2 N–H and O–H groups in total. The standard InChI is InChI=1S/C13H20N4O4/c1-20-7-8-21-13-10(17(18)19)11(14)15-12(16-13)9-5-3-2-4-6-9/h9H,2-8H2,1H3,(H2,14,15,16). The minimum atomic E-state index is -0.609. The van der Waals surface area contributed by atoms with E-state index in [0.717, 1.165) is 25.7 Å². The van der Waals surface area contributed by atoms with Crippen molar-refractivity contribution in [3.63, 3.8) is 0 Å². The predicted molar refractivity (Wildman–Crippen MR) is 76.3 cm³/mol. The Labute approximate surface area is 122 Å². The topological polar surface area (TPSA) is 113 Å². The molecule has 1 aromatic rings. The van der Waals surface area contributed by atoms with E-state index in [4.69, 9.17) is 15.2 Å². The molecule has 0 bridgehead atoms. The van der Waals surface area contributed by atoms with E-state index in [1.54, 1.807) is 0 Å². The second-order valence-electron chi connectivity index (χ2n) is 5.05. The Hall–Kier alpha value is -1.96. The summed E-state index contributed by atoms with van der Waals surface area (Å²) in [6, 6.07) is 0. The van der Waals surface area contributed by atoms with Crippen LogP contribution in [0.1, 0.15) is 43.8 Å². The molecule has 1 fully saturated rings. The third-order valence-electron chi connectivity index (χ3n) is 3.58. The molecule has 0 saturated heterocycles. The third kappa shape index (κ3) is 3.78. The zero-order valence-electron chi connectivity index (χ0n) is 12.1. The summed E-state index contributed by atoms with van der Waals surface area (Å²) in [6.07, 6.45) is 5.40. The molecule has 8 nitrogen and oxygen atoms in total. The summed E-state index contributed by atoms with van der Waals surface area (Å²) in [5.74, 6) is 0.546. The van der Waals surface area contributed by atoms with Crippen LogP contribution in [0.4, 0.5) is 11.5 Å². The number of nitrogens with zero attached hydrogens (tertiary/aromatic N) is 3. The molecular formula is C13H20N4O4. The molecule has 0 atom stereocenters. The van der Waals surface area contributed by atoms with Crippen LogP contribution in [-0.4, -0.2) is 35.2 Å². The molecular weight excluding hydrogens is 276 g/mol. The molecule has 8 heteroatoms. The van der Waals surface area contributed by atoms with E-state index in [9.17, 15) is 10.1 Å². The summed E-state index contributed by atoms with van der Waals surface area (Å²) >= 11 is 0. The van der Waals surface area contributed by atoms with Crippen LogP contribution in [0.15, 0.2) is 0 Å². The molecule has 0 aliphatic heterocycles. The molecule has 1 aromatic heterocycles. The van der Waals surface area contributed by atoms with Gasteiger partial charge < -0.3 is 15.2 Å². The number of nitrogen functional groups attached to an aromatic ring is 1. The van der Waals surface area contributed by atoms with Gasteiger partial charge in [0.2, 0.25) is 5.82 Å². The first-order valence-electron chi connectivity index (χ1n) is 7.07. The SMILES string of the molecule is COCCOc1nc(C2CCCCC2)nc(N)c1[N+](=O)[O-]. The van der Waals surface area contributed by atoms with E-state index in [0.29, 0.717) is 12.4 Å². The number of nitro groups is 1. The maximum Gasteiger partial charge on any atom is 0.372 e. The molecule has 1 saturated carbocycles. The monoisotopic (exact) mass is 296 g/mol. The molecule has 21 heavy (non-hydrogen) atoms. The fraction of sp³-hybridized carbons (Fsp3) is 0.692. The van der Waals surface area contributed by atoms with E-state index >= 15 is 0 Å². The van der Waals surface area contributed by atoms with Gasteiger partial charge in [0, 0.05) is 13.0 Å². The van der Waals surface area contributed by atoms with Crippen molar-refractivity contribution in [3.05, 3.63) is 15.9 Å². The van der Waals surface area contributed by atoms with Gasteiger partial charge >= 0.3 is 5.69 Å². The summed E-state index contributed by atoms with van der Waals surface area (Å²) in [7, 11) is 1.53. The van der Waals surface area contributed by atoms with E-state index in [1.807, 2.05) is 0 Å². The molecule has 2 rings (SSSR count). The second-order valence-corrected chi connectivity index (χ2v) is 5.05. The molecule has 116 valence electrons. The van der Waals surface area contributed by atoms with Gasteiger partial charge in [-0.2, -0.15) is 4.98 Å². The van der Waals surface area contributed by atoms with Crippen molar-refractivity contribution in [2.45, 2.75) is 38.0 Å². The number of hydrogen-bond donors (Lipinski definition) is 1. The molecule has 0 unspecified atom stereocenters. The van der Waals surface area contributed by atoms with Gasteiger partial charge in [-0.25, -0.2) is 4.98 Å². The lowest BCUT2D eigenvalue weighted by atomic mass is 9.89. The predicted octanol–water partition coefficient (Wildman–Crippen LogP) is 2.04. The molecule has 0 amide bonds. The van der Waals surface area contributed by atoms with Crippen LogP contribution < -0.4 is 10.5 Å². The van der Waals surface area contributed by atoms with Gasteiger partial charge in [0.25, 0.3) is 5.88 Å². The van der Waals surface area contributed by atoms with E-state index < -0.39 is 4.92 Å². The van der Waals surface area contributed by atoms with Gasteiger partial charge in [0.1, 0.15) is 12.4 Å². The van der Waals surface area contributed by atoms with Crippen LogP contribution in [0.5, 0.6) is 5.88 Å². The van der Waals surface area contributed by atoms with Crippen LogP contribution in [0.2, 0.25) is 0 Å². The number of ether oxygens (including phenoxy) is 2. The molecule has 1 heterocycles. The lowest BCUT2D eigenvalue weighted by Gasteiger charge is -2.20. The molecule has 0 radical (unpaired) electrons. The Kier molecular flexibility index (Phi) is 5.26. The number of rotatable bonds is 6. The third-order valence-corrected chi connectivity index (χ3v) is 3.58. The van der Waals surface area contributed by atoms with Crippen LogP contribution in [-0.2, 0) is 4.74 Å². The number of hydrogen-bond acceptors (Lipinski definition) is 7. The van der Waals surface area contributed by atoms with Crippen molar-refractivity contribution >= 4 is 11.5 Å². The highest BCUT2D eigenvalue weighted by atomic mass is 16.6. The fourth-order valence-electron chi connectivity index (χ4n) is 2.51. The Morgan fingerprint density at radius 2 is 2.00 bits per heavy atom. The zero-order chi connectivity index (χ0) is 15.2. The Morgan fingerprint density at radius 1 is 1.29 bits per heavy atom. The summed E-state index contributed by atoms with van der Waals surface area (Å²) in [5, 5.41) is 11.1. The first kappa shape index (κ1) is 15.4. The van der Waals surface area contributed by atoms with E-state index in [2.05, 4.69) is 9.97 Å². The first-order valence-corrected chi connectivity index (χ1v) is 7.07. The van der Waals surface area contributed by atoms with Crippen LogP contribution >= 0.6 is 0 Å². The maximum atomic E-state index is 11.1. The highest BCUT2D eigenvalue weighted by Gasteiger charge is 2.28. The van der Waals surface area contributed by atoms with Gasteiger partial charge in [-0.1, -0.05) is 19.3 Å². The van der Waals surface area contributed by atoms with Crippen molar-refractivity contribution < 1.29 is 14.4 Å². The van der Waals surface area contributed by atoms with Crippen molar-refractivity contribution in [1.29, 1.82) is 0 Å². The van der Waals surface area contributed by atoms with Crippen LogP contribution in [0, 0.1) is 10.1 Å². The normalized spacial score (nSPS) is 15.9. The largest absolute Gasteiger partial charge is 0.470 e. The van der Waals surface area contributed by atoms with E-state index in [-0.39, 0.29) is 29.9 Å². The summed E-state index contributed by atoms with van der Waals surface area (Å²) < 4.78 is 10.2. The highest BCUT2D eigenvalue weighted by molar-refractivity contribution is 5.58. The minimum absolute atomic E-state index is 0.0647. The van der Waals surface area contributed by atoms with Crippen molar-refractivity contribution in [1.82, 2.24) is 9.97 Å². The number of methoxy groups -OCH3 is 1. The smallest absolute Gasteiger partial charge is 0.372 e. The fourth-order valence-corrected chi connectivity index (χ4v) is 2.51. The molecule has 1 aliphatic carbocycles.